The minimum atomic E-state index is 0.294. The van der Waals surface area contributed by atoms with Crippen molar-refractivity contribution in [1.82, 2.24) is 14.7 Å². The Labute approximate surface area is 116 Å². The van der Waals surface area contributed by atoms with Gasteiger partial charge in [0.25, 0.3) is 0 Å². The van der Waals surface area contributed by atoms with E-state index in [2.05, 4.69) is 40.8 Å². The molecule has 1 aromatic heterocycles. The SMILES string of the molecule is CCC(C)n1ccc(CN2CCCCC2CCO)n1. The number of hydrogen-bond acceptors (Lipinski definition) is 3. The van der Waals surface area contributed by atoms with E-state index in [0.29, 0.717) is 18.7 Å². The largest absolute Gasteiger partial charge is 0.396 e. The average Bonchev–Trinajstić information content (AvgIpc) is 2.89. The van der Waals surface area contributed by atoms with Crippen LogP contribution in [0.2, 0.25) is 0 Å². The average molecular weight is 265 g/mol. The smallest absolute Gasteiger partial charge is 0.0764 e. The summed E-state index contributed by atoms with van der Waals surface area (Å²) in [6, 6.07) is 3.15. The Hall–Kier alpha value is -0.870. The molecule has 2 unspecified atom stereocenters. The maximum Gasteiger partial charge on any atom is 0.0764 e. The number of piperidine rings is 1. The molecule has 1 aliphatic rings. The minimum Gasteiger partial charge on any atom is -0.396 e. The van der Waals surface area contributed by atoms with Crippen LogP contribution in [-0.2, 0) is 6.54 Å². The van der Waals surface area contributed by atoms with E-state index in [9.17, 15) is 0 Å². The molecule has 0 radical (unpaired) electrons. The molecule has 4 nitrogen and oxygen atoms in total. The molecule has 0 aliphatic carbocycles. The molecule has 1 aliphatic heterocycles. The molecule has 0 saturated carbocycles. The lowest BCUT2D eigenvalue weighted by Crippen LogP contribution is -2.39. The van der Waals surface area contributed by atoms with Crippen molar-refractivity contribution >= 4 is 0 Å². The van der Waals surface area contributed by atoms with Gasteiger partial charge in [0.15, 0.2) is 0 Å². The Morgan fingerprint density at radius 2 is 2.32 bits per heavy atom. The van der Waals surface area contributed by atoms with Crippen LogP contribution in [0.25, 0.3) is 0 Å². The van der Waals surface area contributed by atoms with Gasteiger partial charge in [0.1, 0.15) is 0 Å². The van der Waals surface area contributed by atoms with E-state index in [-0.39, 0.29) is 0 Å². The highest BCUT2D eigenvalue weighted by Crippen LogP contribution is 2.21. The summed E-state index contributed by atoms with van der Waals surface area (Å²) in [6.45, 7) is 6.75. The molecule has 0 aromatic carbocycles. The topological polar surface area (TPSA) is 41.3 Å². The monoisotopic (exact) mass is 265 g/mol. The molecule has 0 spiro atoms. The second kappa shape index (κ2) is 7.06. The fourth-order valence-electron chi connectivity index (χ4n) is 2.85. The van der Waals surface area contributed by atoms with Gasteiger partial charge in [0.2, 0.25) is 0 Å². The van der Waals surface area contributed by atoms with E-state index in [4.69, 9.17) is 5.11 Å². The number of aromatic nitrogens is 2. The lowest BCUT2D eigenvalue weighted by molar-refractivity contribution is 0.111. The van der Waals surface area contributed by atoms with E-state index in [1.54, 1.807) is 0 Å². The highest BCUT2D eigenvalue weighted by atomic mass is 16.3. The highest BCUT2D eigenvalue weighted by molar-refractivity contribution is 5.00. The first-order chi connectivity index (χ1) is 9.24. The number of aliphatic hydroxyl groups is 1. The Balaban J connectivity index is 1.96. The third-order valence-electron chi connectivity index (χ3n) is 4.28. The molecule has 19 heavy (non-hydrogen) atoms. The van der Waals surface area contributed by atoms with Crippen molar-refractivity contribution in [3.63, 3.8) is 0 Å². The van der Waals surface area contributed by atoms with Gasteiger partial charge in [0, 0.05) is 31.4 Å². The molecule has 1 aromatic rings. The second-order valence-electron chi connectivity index (χ2n) is 5.68. The van der Waals surface area contributed by atoms with Gasteiger partial charge in [0.05, 0.1) is 5.69 Å². The van der Waals surface area contributed by atoms with E-state index >= 15 is 0 Å². The zero-order valence-electron chi connectivity index (χ0n) is 12.3. The third-order valence-corrected chi connectivity index (χ3v) is 4.28. The van der Waals surface area contributed by atoms with Gasteiger partial charge in [-0.05, 0) is 45.2 Å². The van der Waals surface area contributed by atoms with Crippen molar-refractivity contribution in [2.75, 3.05) is 13.2 Å². The third kappa shape index (κ3) is 3.80. The summed E-state index contributed by atoms with van der Waals surface area (Å²) in [6.07, 6.45) is 7.88. The normalized spacial score (nSPS) is 22.6. The molecule has 1 saturated heterocycles. The van der Waals surface area contributed by atoms with Crippen molar-refractivity contribution in [2.24, 2.45) is 0 Å². The Morgan fingerprint density at radius 1 is 1.47 bits per heavy atom. The molecule has 2 heterocycles. The van der Waals surface area contributed by atoms with E-state index in [1.165, 1.54) is 19.3 Å². The maximum absolute atomic E-state index is 9.16. The van der Waals surface area contributed by atoms with Crippen LogP contribution in [0.15, 0.2) is 12.3 Å². The second-order valence-corrected chi connectivity index (χ2v) is 5.68. The lowest BCUT2D eigenvalue weighted by atomic mass is 9.99. The first-order valence-corrected chi connectivity index (χ1v) is 7.63. The summed E-state index contributed by atoms with van der Waals surface area (Å²) in [4.78, 5) is 2.49. The van der Waals surface area contributed by atoms with Crippen molar-refractivity contribution in [3.8, 4) is 0 Å². The molecule has 1 N–H and O–H groups in total. The van der Waals surface area contributed by atoms with E-state index in [1.807, 2.05) is 0 Å². The Bertz CT molecular complexity index is 375. The molecule has 108 valence electrons. The maximum atomic E-state index is 9.16. The van der Waals surface area contributed by atoms with Gasteiger partial charge in [-0.2, -0.15) is 5.10 Å². The lowest BCUT2D eigenvalue weighted by Gasteiger charge is -2.34. The standard InChI is InChI=1S/C15H27N3O/c1-3-13(2)18-10-7-14(16-18)12-17-9-5-4-6-15(17)8-11-19/h7,10,13,15,19H,3-6,8-9,11-12H2,1-2H3. The quantitative estimate of drug-likeness (QED) is 0.859. The van der Waals surface area contributed by atoms with E-state index < -0.39 is 0 Å². The Morgan fingerprint density at radius 3 is 3.05 bits per heavy atom. The molecular weight excluding hydrogens is 238 g/mol. The molecular formula is C15H27N3O. The minimum absolute atomic E-state index is 0.294. The van der Waals surface area contributed by atoms with Crippen LogP contribution >= 0.6 is 0 Å². The summed E-state index contributed by atoms with van der Waals surface area (Å²) in [5, 5.41) is 13.8. The van der Waals surface area contributed by atoms with Crippen molar-refractivity contribution in [3.05, 3.63) is 18.0 Å². The van der Waals surface area contributed by atoms with Crippen LogP contribution in [0.1, 0.15) is 57.7 Å². The van der Waals surface area contributed by atoms with Crippen LogP contribution in [0, 0.1) is 0 Å². The summed E-state index contributed by atoms with van der Waals surface area (Å²) in [7, 11) is 0. The van der Waals surface area contributed by atoms with Crippen LogP contribution in [-0.4, -0.2) is 39.0 Å². The number of aliphatic hydroxyl groups excluding tert-OH is 1. The van der Waals surface area contributed by atoms with Gasteiger partial charge < -0.3 is 5.11 Å². The number of nitrogens with zero attached hydrogens (tertiary/aromatic N) is 3. The fraction of sp³-hybridized carbons (Fsp3) is 0.800. The number of likely N-dealkylation sites (tertiary alicyclic amines) is 1. The fourth-order valence-corrected chi connectivity index (χ4v) is 2.85. The van der Waals surface area contributed by atoms with Crippen LogP contribution in [0.3, 0.4) is 0 Å². The molecule has 0 bridgehead atoms. The van der Waals surface area contributed by atoms with Gasteiger partial charge in [-0.15, -0.1) is 0 Å². The van der Waals surface area contributed by atoms with Crippen LogP contribution < -0.4 is 0 Å². The molecule has 0 amide bonds. The summed E-state index contributed by atoms with van der Waals surface area (Å²) < 4.78 is 2.07. The summed E-state index contributed by atoms with van der Waals surface area (Å²) >= 11 is 0. The van der Waals surface area contributed by atoms with Crippen molar-refractivity contribution in [2.45, 2.75) is 64.6 Å². The zero-order valence-corrected chi connectivity index (χ0v) is 12.3. The predicted octanol–water partition coefficient (Wildman–Crippen LogP) is 2.59. The summed E-state index contributed by atoms with van der Waals surface area (Å²) in [5.74, 6) is 0. The van der Waals surface area contributed by atoms with Gasteiger partial charge in [-0.3, -0.25) is 9.58 Å². The molecule has 4 heteroatoms. The first-order valence-electron chi connectivity index (χ1n) is 7.63. The van der Waals surface area contributed by atoms with Crippen LogP contribution in [0.5, 0.6) is 0 Å². The Kier molecular flexibility index (Phi) is 5.40. The molecule has 2 rings (SSSR count). The van der Waals surface area contributed by atoms with Gasteiger partial charge in [-0.25, -0.2) is 0 Å². The van der Waals surface area contributed by atoms with Crippen LogP contribution in [0.4, 0.5) is 0 Å². The van der Waals surface area contributed by atoms with Gasteiger partial charge >= 0.3 is 0 Å². The predicted molar refractivity (Wildman–Crippen MR) is 77.0 cm³/mol. The van der Waals surface area contributed by atoms with Crippen molar-refractivity contribution in [1.29, 1.82) is 0 Å². The summed E-state index contributed by atoms with van der Waals surface area (Å²) in [5.41, 5.74) is 1.16. The number of rotatable bonds is 6. The molecule has 1 fully saturated rings. The van der Waals surface area contributed by atoms with Gasteiger partial charge in [-0.1, -0.05) is 13.3 Å². The highest BCUT2D eigenvalue weighted by Gasteiger charge is 2.22. The molecule has 2 atom stereocenters. The number of hydrogen-bond donors (Lipinski definition) is 1. The zero-order chi connectivity index (χ0) is 13.7. The van der Waals surface area contributed by atoms with E-state index in [0.717, 1.165) is 31.6 Å². The van der Waals surface area contributed by atoms with Crippen molar-refractivity contribution < 1.29 is 5.11 Å². The first kappa shape index (κ1) is 14.5.